The van der Waals surface area contributed by atoms with Gasteiger partial charge >= 0.3 is 0 Å². The van der Waals surface area contributed by atoms with Crippen LogP contribution in [0.4, 0.5) is 17.3 Å². The third kappa shape index (κ3) is 5.45. The van der Waals surface area contributed by atoms with Crippen LogP contribution in [-0.2, 0) is 0 Å². The van der Waals surface area contributed by atoms with Crippen molar-refractivity contribution in [3.8, 4) is 12.1 Å². The highest BCUT2D eigenvalue weighted by molar-refractivity contribution is 5.97. The minimum Gasteiger partial charge on any atom is -0.743 e. The number of amides is 1. The summed E-state index contributed by atoms with van der Waals surface area (Å²) in [5.74, 6) is 1.15. The lowest BCUT2D eigenvalue weighted by Crippen LogP contribution is -2.57. The molecule has 0 N–H and O–H groups in total. The fourth-order valence-corrected chi connectivity index (χ4v) is 5.90. The fourth-order valence-electron chi connectivity index (χ4n) is 5.90. The van der Waals surface area contributed by atoms with Crippen molar-refractivity contribution >= 4 is 23.2 Å². The Kier molecular flexibility index (Phi) is 8.25. The first-order chi connectivity index (χ1) is 20.2. The highest BCUT2D eigenvalue weighted by Crippen LogP contribution is 2.30. The van der Waals surface area contributed by atoms with E-state index in [-0.39, 0.29) is 18.0 Å². The summed E-state index contributed by atoms with van der Waals surface area (Å²) in [6, 6.07) is 14.7. The summed E-state index contributed by atoms with van der Waals surface area (Å²) in [5, 5.41) is 35.4. The summed E-state index contributed by atoms with van der Waals surface area (Å²) >= 11 is 0. The van der Waals surface area contributed by atoms with Crippen LogP contribution < -0.4 is 15.0 Å². The van der Waals surface area contributed by atoms with Crippen molar-refractivity contribution in [3.05, 3.63) is 81.8 Å². The number of hydrogen-bond donors (Lipinski definition) is 0. The first kappa shape index (κ1) is 28.8. The number of aromatic nitrogens is 2. The summed E-state index contributed by atoms with van der Waals surface area (Å²) in [4.78, 5) is 28.6. The van der Waals surface area contributed by atoms with Crippen LogP contribution in [-0.4, -0.2) is 77.1 Å². The summed E-state index contributed by atoms with van der Waals surface area (Å²) < 4.78 is 0. The molecular formula is C31H34N9O2-. The smallest absolute Gasteiger partial charge is 0.254 e. The van der Waals surface area contributed by atoms with Gasteiger partial charge in [0, 0.05) is 75.0 Å². The number of rotatable bonds is 5. The zero-order chi connectivity index (χ0) is 30.0. The van der Waals surface area contributed by atoms with Gasteiger partial charge in [-0.05, 0) is 69.2 Å². The monoisotopic (exact) mass is 564 g/mol. The molecule has 2 aliphatic rings. The molecule has 11 nitrogen and oxygen atoms in total. The van der Waals surface area contributed by atoms with E-state index in [4.69, 9.17) is 0 Å². The Morgan fingerprint density at radius 1 is 0.881 bits per heavy atom. The van der Waals surface area contributed by atoms with E-state index in [0.29, 0.717) is 73.3 Å². The Labute approximate surface area is 246 Å². The van der Waals surface area contributed by atoms with Crippen molar-refractivity contribution in [2.24, 2.45) is 0 Å². The molecule has 2 aliphatic heterocycles. The number of benzene rings is 1. The number of hydrogen-bond acceptors (Lipinski definition) is 10. The van der Waals surface area contributed by atoms with Gasteiger partial charge in [-0.15, -0.1) is 0 Å². The zero-order valence-electron chi connectivity index (χ0n) is 24.4. The predicted octanol–water partition coefficient (Wildman–Crippen LogP) is 3.62. The number of carbonyl (C=O) groups is 1. The van der Waals surface area contributed by atoms with E-state index in [9.17, 15) is 20.5 Å². The van der Waals surface area contributed by atoms with Gasteiger partial charge in [0.2, 0.25) is 0 Å². The molecule has 0 bridgehead atoms. The molecule has 2 aromatic heterocycles. The van der Waals surface area contributed by atoms with Crippen LogP contribution in [0.25, 0.3) is 0 Å². The number of carbonyl (C=O) groups excluding carboxylic acids is 1. The van der Waals surface area contributed by atoms with Crippen LogP contribution >= 0.6 is 0 Å². The van der Waals surface area contributed by atoms with Crippen molar-refractivity contribution in [1.29, 1.82) is 10.5 Å². The molecule has 216 valence electrons. The maximum absolute atomic E-state index is 13.8. The van der Waals surface area contributed by atoms with Crippen molar-refractivity contribution in [3.63, 3.8) is 0 Å². The molecule has 0 aliphatic carbocycles. The van der Waals surface area contributed by atoms with Gasteiger partial charge in [-0.25, -0.2) is 15.0 Å². The van der Waals surface area contributed by atoms with Crippen molar-refractivity contribution in [2.75, 3.05) is 54.2 Å². The lowest BCUT2D eigenvalue weighted by molar-refractivity contribution is 0.0673. The number of hydrazine groups is 1. The van der Waals surface area contributed by atoms with Gasteiger partial charge in [0.15, 0.2) is 0 Å². The maximum atomic E-state index is 13.8. The van der Waals surface area contributed by atoms with Crippen LogP contribution in [0.5, 0.6) is 0 Å². The molecule has 2 saturated heterocycles. The molecule has 11 heteroatoms. The highest BCUT2D eigenvalue weighted by Gasteiger charge is 2.32. The Bertz CT molecular complexity index is 1560. The Morgan fingerprint density at radius 2 is 1.45 bits per heavy atom. The molecule has 1 amide bonds. The highest BCUT2D eigenvalue weighted by atomic mass is 16.6. The SMILES string of the molecule is Cc1cc(C)c(N([O-])N2CCN(c3ncccc3C#N)C[C@@H]2C)cc1C(=O)N1CCN(c2ncccc2C#N)C[C@@H]1C. The molecule has 1 aromatic carbocycles. The molecular weight excluding hydrogens is 530 g/mol. The number of nitriles is 2. The first-order valence-corrected chi connectivity index (χ1v) is 14.1. The number of pyridine rings is 2. The fraction of sp³-hybridized carbons (Fsp3) is 0.387. The van der Waals surface area contributed by atoms with Crippen LogP contribution in [0, 0.1) is 41.7 Å². The average Bonchev–Trinajstić information content (AvgIpc) is 3.00. The molecule has 2 fully saturated rings. The quantitative estimate of drug-likeness (QED) is 0.424. The maximum Gasteiger partial charge on any atom is 0.254 e. The third-order valence-electron chi connectivity index (χ3n) is 8.11. The number of piperazine rings is 2. The van der Waals surface area contributed by atoms with E-state index in [0.717, 1.165) is 16.3 Å². The Morgan fingerprint density at radius 3 is 2.00 bits per heavy atom. The summed E-state index contributed by atoms with van der Waals surface area (Å²) in [5.41, 5.74) is 3.58. The lowest BCUT2D eigenvalue weighted by atomic mass is 10.0. The van der Waals surface area contributed by atoms with Crippen molar-refractivity contribution in [1.82, 2.24) is 19.9 Å². The molecule has 0 saturated carbocycles. The van der Waals surface area contributed by atoms with Gasteiger partial charge < -0.3 is 25.1 Å². The summed E-state index contributed by atoms with van der Waals surface area (Å²) in [7, 11) is 0. The standard InChI is InChI=1S/C31H34N9O2/c1-21-15-22(2)28(40(42)39-14-12-37(20-24(39)4)30-26(18-33)8-6-10-35-30)16-27(21)31(41)38-13-11-36(19-23(38)3)29-25(17-32)7-5-9-34-29/h5-10,15-16,23-24H,11-14,19-20H2,1-4H3/q-1/t23-,24-/m0/s1. The van der Waals surface area contributed by atoms with Crippen LogP contribution in [0.15, 0.2) is 48.8 Å². The Balaban J connectivity index is 1.32. The van der Waals surface area contributed by atoms with Crippen molar-refractivity contribution in [2.45, 2.75) is 39.8 Å². The summed E-state index contributed by atoms with van der Waals surface area (Å²) in [6.45, 7) is 10.8. The van der Waals surface area contributed by atoms with Gasteiger partial charge in [-0.2, -0.15) is 10.5 Å². The lowest BCUT2D eigenvalue weighted by Gasteiger charge is -2.50. The van der Waals surface area contributed by atoms with E-state index in [1.165, 1.54) is 0 Å². The number of anilines is 3. The largest absolute Gasteiger partial charge is 0.743 e. The van der Waals surface area contributed by atoms with Gasteiger partial charge in [0.1, 0.15) is 23.8 Å². The number of nitrogens with zero attached hydrogens (tertiary/aromatic N) is 9. The molecule has 42 heavy (non-hydrogen) atoms. The molecule has 5 rings (SSSR count). The van der Waals surface area contributed by atoms with Gasteiger partial charge in [0.25, 0.3) is 5.91 Å². The molecule has 2 atom stereocenters. The normalized spacial score (nSPS) is 19.3. The van der Waals surface area contributed by atoms with Gasteiger partial charge in [-0.1, -0.05) is 6.07 Å². The van der Waals surface area contributed by atoms with Crippen LogP contribution in [0.3, 0.4) is 0 Å². The zero-order valence-corrected chi connectivity index (χ0v) is 24.4. The van der Waals surface area contributed by atoms with E-state index < -0.39 is 0 Å². The first-order valence-electron chi connectivity index (χ1n) is 14.1. The summed E-state index contributed by atoms with van der Waals surface area (Å²) in [6.07, 6.45) is 3.34. The van der Waals surface area contributed by atoms with Crippen molar-refractivity contribution < 1.29 is 4.79 Å². The van der Waals surface area contributed by atoms with Gasteiger partial charge in [-0.3, -0.25) is 4.79 Å². The molecule has 3 aromatic rings. The van der Waals surface area contributed by atoms with E-state index in [1.807, 2.05) is 48.5 Å². The minimum absolute atomic E-state index is 0.118. The third-order valence-corrected chi connectivity index (χ3v) is 8.11. The second-order valence-corrected chi connectivity index (χ2v) is 11.0. The topological polar surface area (TPSA) is 130 Å². The molecule has 0 unspecified atom stereocenters. The second-order valence-electron chi connectivity index (χ2n) is 11.0. The number of aryl methyl sites for hydroxylation is 2. The molecule has 4 heterocycles. The average molecular weight is 565 g/mol. The minimum atomic E-state index is -0.150. The van der Waals surface area contributed by atoms with E-state index in [2.05, 4.69) is 22.1 Å². The second kappa shape index (κ2) is 12.0. The van der Waals surface area contributed by atoms with E-state index in [1.54, 1.807) is 47.7 Å². The van der Waals surface area contributed by atoms with Crippen LogP contribution in [0.2, 0.25) is 0 Å². The molecule has 0 radical (unpaired) electrons. The Hall–Kier alpha value is -4.71. The molecule has 0 spiro atoms. The van der Waals surface area contributed by atoms with Gasteiger partial charge in [0.05, 0.1) is 11.1 Å². The van der Waals surface area contributed by atoms with E-state index >= 15 is 0 Å². The van der Waals surface area contributed by atoms with Crippen LogP contribution in [0.1, 0.15) is 46.5 Å². The predicted molar refractivity (Wildman–Crippen MR) is 161 cm³/mol.